The van der Waals surface area contributed by atoms with Gasteiger partial charge in [-0.25, -0.2) is 4.98 Å². The minimum absolute atomic E-state index is 0.139. The van der Waals surface area contributed by atoms with E-state index in [4.69, 9.17) is 4.74 Å². The van der Waals surface area contributed by atoms with Crippen LogP contribution in [0.3, 0.4) is 0 Å². The summed E-state index contributed by atoms with van der Waals surface area (Å²) >= 11 is 1.37. The summed E-state index contributed by atoms with van der Waals surface area (Å²) in [6.07, 6.45) is 8.04. The van der Waals surface area contributed by atoms with Crippen LogP contribution < -0.4 is 5.32 Å². The maximum Gasteiger partial charge on any atom is 0.306 e. The first kappa shape index (κ1) is 19.7. The van der Waals surface area contributed by atoms with Crippen molar-refractivity contribution in [2.75, 3.05) is 11.9 Å². The molecule has 6 rings (SSSR count). The van der Waals surface area contributed by atoms with Crippen LogP contribution >= 0.6 is 11.3 Å². The van der Waals surface area contributed by atoms with Gasteiger partial charge in [0.1, 0.15) is 0 Å². The number of benzene rings is 1. The van der Waals surface area contributed by atoms with Crippen LogP contribution in [0, 0.1) is 30.1 Å². The summed E-state index contributed by atoms with van der Waals surface area (Å²) in [5.74, 6) is 1.85. The van der Waals surface area contributed by atoms with Gasteiger partial charge >= 0.3 is 5.97 Å². The van der Waals surface area contributed by atoms with E-state index in [0.29, 0.717) is 11.6 Å². The molecule has 0 radical (unpaired) electrons. The molecule has 4 aliphatic rings. The molecule has 6 heteroatoms. The molecule has 1 heterocycles. The van der Waals surface area contributed by atoms with Gasteiger partial charge in [0.05, 0.1) is 12.1 Å². The molecule has 158 valence electrons. The molecule has 0 aliphatic heterocycles. The Hall–Kier alpha value is -2.21. The molecule has 4 bridgehead atoms. The molecule has 1 amide bonds. The van der Waals surface area contributed by atoms with E-state index in [1.54, 1.807) is 0 Å². The molecule has 2 aromatic rings. The van der Waals surface area contributed by atoms with Gasteiger partial charge in [-0.05, 0) is 68.6 Å². The number of anilines is 1. The second kappa shape index (κ2) is 7.80. The van der Waals surface area contributed by atoms with E-state index in [0.717, 1.165) is 29.0 Å². The minimum Gasteiger partial charge on any atom is -0.456 e. The van der Waals surface area contributed by atoms with Crippen molar-refractivity contribution in [3.8, 4) is 11.3 Å². The Kier molecular flexibility index (Phi) is 5.13. The molecular formula is C24H28N2O3S. The molecule has 1 aromatic carbocycles. The Morgan fingerprint density at radius 3 is 2.37 bits per heavy atom. The standard InChI is InChI=1S/C24H28N2O3S/c1-15-2-4-19(5-3-15)20-14-30-23(25-20)26-21(27)13-29-22(28)12-24-9-16-6-17(10-24)8-18(7-16)11-24/h2-5,14,16-18H,6-13H2,1H3,(H,25,26,27). The van der Waals surface area contributed by atoms with E-state index in [1.165, 1.54) is 55.4 Å². The van der Waals surface area contributed by atoms with Gasteiger partial charge < -0.3 is 4.74 Å². The Morgan fingerprint density at radius 1 is 1.10 bits per heavy atom. The zero-order chi connectivity index (χ0) is 20.7. The summed E-state index contributed by atoms with van der Waals surface area (Å²) in [6.45, 7) is 1.80. The summed E-state index contributed by atoms with van der Waals surface area (Å²) in [5, 5.41) is 5.19. The molecule has 4 aliphatic carbocycles. The highest BCUT2D eigenvalue weighted by Crippen LogP contribution is 2.61. The van der Waals surface area contributed by atoms with Crippen molar-refractivity contribution in [2.45, 2.75) is 51.9 Å². The van der Waals surface area contributed by atoms with Gasteiger partial charge in [0.25, 0.3) is 5.91 Å². The predicted octanol–water partition coefficient (Wildman–Crippen LogP) is 5.21. The summed E-state index contributed by atoms with van der Waals surface area (Å²) in [4.78, 5) is 29.2. The number of amides is 1. The lowest BCUT2D eigenvalue weighted by Crippen LogP contribution is -2.47. The quantitative estimate of drug-likeness (QED) is 0.647. The maximum absolute atomic E-state index is 12.5. The second-order valence-corrected chi connectivity index (χ2v) is 10.6. The summed E-state index contributed by atoms with van der Waals surface area (Å²) in [5.41, 5.74) is 3.17. The fourth-order valence-corrected chi connectivity index (χ4v) is 7.09. The normalized spacial score (nSPS) is 29.0. The van der Waals surface area contributed by atoms with Crippen LogP contribution in [0.4, 0.5) is 5.13 Å². The molecule has 4 saturated carbocycles. The van der Waals surface area contributed by atoms with Crippen molar-refractivity contribution >= 4 is 28.3 Å². The third-order valence-corrected chi connectivity index (χ3v) is 7.90. The van der Waals surface area contributed by atoms with Gasteiger partial charge in [-0.15, -0.1) is 11.3 Å². The molecule has 0 spiro atoms. The third kappa shape index (κ3) is 4.15. The number of thiazole rings is 1. The lowest BCUT2D eigenvalue weighted by atomic mass is 9.49. The SMILES string of the molecule is Cc1ccc(-c2csc(NC(=O)COC(=O)CC34CC5CC(CC(C5)C3)C4)n2)cc1. The topological polar surface area (TPSA) is 68.3 Å². The van der Waals surface area contributed by atoms with E-state index in [-0.39, 0.29) is 23.9 Å². The van der Waals surface area contributed by atoms with Crippen molar-refractivity contribution in [3.05, 3.63) is 35.2 Å². The molecule has 0 saturated heterocycles. The Morgan fingerprint density at radius 2 is 1.73 bits per heavy atom. The van der Waals surface area contributed by atoms with Gasteiger partial charge in [-0.2, -0.15) is 0 Å². The summed E-state index contributed by atoms with van der Waals surface area (Å²) in [7, 11) is 0. The first-order valence-corrected chi connectivity index (χ1v) is 11.8. The van der Waals surface area contributed by atoms with Crippen LogP contribution in [0.25, 0.3) is 11.3 Å². The van der Waals surface area contributed by atoms with Crippen LogP contribution in [-0.4, -0.2) is 23.5 Å². The zero-order valence-corrected chi connectivity index (χ0v) is 18.2. The van der Waals surface area contributed by atoms with E-state index in [1.807, 2.05) is 36.6 Å². The van der Waals surface area contributed by atoms with Gasteiger partial charge in [0, 0.05) is 10.9 Å². The average molecular weight is 425 g/mol. The van der Waals surface area contributed by atoms with Crippen LogP contribution in [0.15, 0.2) is 29.6 Å². The zero-order valence-electron chi connectivity index (χ0n) is 17.4. The van der Waals surface area contributed by atoms with Crippen LogP contribution in [0.5, 0.6) is 0 Å². The number of nitrogens with one attached hydrogen (secondary N) is 1. The molecule has 0 unspecified atom stereocenters. The van der Waals surface area contributed by atoms with Crippen molar-refractivity contribution < 1.29 is 14.3 Å². The van der Waals surface area contributed by atoms with Crippen molar-refractivity contribution in [1.82, 2.24) is 4.98 Å². The number of carbonyl (C=O) groups excluding carboxylic acids is 2. The van der Waals surface area contributed by atoms with Crippen molar-refractivity contribution in [1.29, 1.82) is 0 Å². The Bertz CT molecular complexity index is 914. The van der Waals surface area contributed by atoms with E-state index in [9.17, 15) is 9.59 Å². The number of hydrogen-bond donors (Lipinski definition) is 1. The van der Waals surface area contributed by atoms with Crippen molar-refractivity contribution in [3.63, 3.8) is 0 Å². The highest BCUT2D eigenvalue weighted by Gasteiger charge is 2.51. The van der Waals surface area contributed by atoms with E-state index >= 15 is 0 Å². The number of esters is 1. The van der Waals surface area contributed by atoms with Gasteiger partial charge in [-0.1, -0.05) is 29.8 Å². The molecule has 30 heavy (non-hydrogen) atoms. The van der Waals surface area contributed by atoms with Gasteiger partial charge in [-0.3, -0.25) is 14.9 Å². The lowest BCUT2D eigenvalue weighted by Gasteiger charge is -2.56. The Balaban J connectivity index is 1.12. The number of nitrogens with zero attached hydrogens (tertiary/aromatic N) is 1. The monoisotopic (exact) mass is 424 g/mol. The minimum atomic E-state index is -0.335. The molecule has 1 aromatic heterocycles. The van der Waals surface area contributed by atoms with E-state index in [2.05, 4.69) is 10.3 Å². The summed E-state index contributed by atoms with van der Waals surface area (Å²) in [6, 6.07) is 8.11. The molecule has 5 nitrogen and oxygen atoms in total. The van der Waals surface area contributed by atoms with Crippen LogP contribution in [0.2, 0.25) is 0 Å². The number of rotatable bonds is 6. The molecule has 1 N–H and O–H groups in total. The highest BCUT2D eigenvalue weighted by molar-refractivity contribution is 7.14. The smallest absolute Gasteiger partial charge is 0.306 e. The number of carbonyl (C=O) groups is 2. The van der Waals surface area contributed by atoms with Gasteiger partial charge in [0.2, 0.25) is 0 Å². The lowest BCUT2D eigenvalue weighted by molar-refractivity contribution is -0.154. The van der Waals surface area contributed by atoms with E-state index < -0.39 is 0 Å². The molecule has 4 fully saturated rings. The van der Waals surface area contributed by atoms with Gasteiger partial charge in [0.15, 0.2) is 11.7 Å². The summed E-state index contributed by atoms with van der Waals surface area (Å²) < 4.78 is 5.35. The first-order valence-electron chi connectivity index (χ1n) is 10.9. The highest BCUT2D eigenvalue weighted by atomic mass is 32.1. The third-order valence-electron chi connectivity index (χ3n) is 7.15. The largest absolute Gasteiger partial charge is 0.456 e. The number of aromatic nitrogens is 1. The second-order valence-electron chi connectivity index (χ2n) is 9.71. The number of hydrogen-bond acceptors (Lipinski definition) is 5. The number of aryl methyl sites for hydroxylation is 1. The number of ether oxygens (including phenoxy) is 1. The Labute approximate surface area is 181 Å². The molecular weight excluding hydrogens is 396 g/mol. The molecule has 0 atom stereocenters. The van der Waals surface area contributed by atoms with Crippen LogP contribution in [-0.2, 0) is 14.3 Å². The van der Waals surface area contributed by atoms with Crippen LogP contribution in [0.1, 0.15) is 50.5 Å². The fourth-order valence-electron chi connectivity index (χ4n) is 6.35. The van der Waals surface area contributed by atoms with Crippen molar-refractivity contribution in [2.24, 2.45) is 23.2 Å². The average Bonchev–Trinajstić information content (AvgIpc) is 3.14. The fraction of sp³-hybridized carbons (Fsp3) is 0.542. The maximum atomic E-state index is 12.5. The first-order chi connectivity index (χ1) is 14.5. The predicted molar refractivity (Wildman–Crippen MR) is 117 cm³/mol.